The van der Waals surface area contributed by atoms with Gasteiger partial charge < -0.3 is 19.7 Å². The number of halogens is 5. The van der Waals surface area contributed by atoms with Crippen LogP contribution in [0.15, 0.2) is 47.2 Å². The van der Waals surface area contributed by atoms with Crippen LogP contribution in [0.1, 0.15) is 50.8 Å². The second kappa shape index (κ2) is 12.9. The summed E-state index contributed by atoms with van der Waals surface area (Å²) >= 11 is 6.03. The van der Waals surface area contributed by atoms with Crippen molar-refractivity contribution in [3.05, 3.63) is 59.5 Å². The number of aromatic nitrogens is 2. The van der Waals surface area contributed by atoms with Crippen LogP contribution < -0.4 is 10.1 Å². The smallest absolute Gasteiger partial charge is 0.422 e. The van der Waals surface area contributed by atoms with Gasteiger partial charge in [0, 0.05) is 25.9 Å². The van der Waals surface area contributed by atoms with Gasteiger partial charge in [-0.1, -0.05) is 38.1 Å². The van der Waals surface area contributed by atoms with Gasteiger partial charge in [0.05, 0.1) is 17.0 Å². The van der Waals surface area contributed by atoms with E-state index in [0.717, 1.165) is 12.1 Å². The number of rotatable bonds is 8. The number of imidazole rings is 1. The molecule has 12 heteroatoms. The first-order valence-corrected chi connectivity index (χ1v) is 11.5. The van der Waals surface area contributed by atoms with Crippen LogP contribution in [0.2, 0.25) is 0 Å². The fraction of sp³-hybridized carbons (Fsp3) is 0.400. The summed E-state index contributed by atoms with van der Waals surface area (Å²) in [5, 5.41) is 12.6. The molecule has 7 nitrogen and oxygen atoms in total. The number of nitrogens with one attached hydrogen (secondary N) is 1. The van der Waals surface area contributed by atoms with Crippen LogP contribution in [0.3, 0.4) is 0 Å². The Morgan fingerprint density at radius 2 is 1.92 bits per heavy atom. The predicted octanol–water partition coefficient (Wildman–Crippen LogP) is 5.88. The van der Waals surface area contributed by atoms with Crippen molar-refractivity contribution in [3.8, 4) is 17.0 Å². The lowest BCUT2D eigenvalue weighted by Crippen LogP contribution is -2.28. The molecule has 1 aromatic heterocycles. The number of hydrogen-bond acceptors (Lipinski definition) is 5. The lowest BCUT2D eigenvalue weighted by Gasteiger charge is -2.16. The zero-order chi connectivity index (χ0) is 28.7. The zero-order valence-electron chi connectivity index (χ0n) is 21.7. The number of carbonyl (C=O) groups is 1. The molecule has 2 N–H and O–H groups in total. The Labute approximate surface area is 218 Å². The number of aliphatic hydroxyl groups is 1. The van der Waals surface area contributed by atoms with Crippen molar-refractivity contribution in [1.82, 2.24) is 14.9 Å². The van der Waals surface area contributed by atoms with Crippen LogP contribution in [-0.4, -0.2) is 45.6 Å². The largest absolute Gasteiger partial charge is 0.483 e. The summed E-state index contributed by atoms with van der Waals surface area (Å²) in [5.74, 6) is -2.28. The molecular formula is C25H31ClF4N4O3. The molecule has 0 unspecified atom stereocenters. The highest BCUT2D eigenvalue weighted by Gasteiger charge is 2.31. The molecule has 37 heavy (non-hydrogen) atoms. The molecule has 0 saturated carbocycles. The molecule has 1 aromatic carbocycles. The highest BCUT2D eigenvalue weighted by atomic mass is 35.5. The third-order valence-corrected chi connectivity index (χ3v) is 5.10. The fourth-order valence-electron chi connectivity index (χ4n) is 3.08. The Morgan fingerprint density at radius 3 is 2.38 bits per heavy atom. The average molecular weight is 547 g/mol. The third-order valence-electron chi connectivity index (χ3n) is 4.75. The molecule has 2 rings (SSSR count). The normalized spacial score (nSPS) is 12.8. The molecule has 0 aliphatic carbocycles. The topological polar surface area (TPSA) is 88.7 Å². The minimum absolute atomic E-state index is 0.0233. The van der Waals surface area contributed by atoms with Crippen molar-refractivity contribution in [1.29, 1.82) is 0 Å². The molecule has 0 bridgehead atoms. The van der Waals surface area contributed by atoms with Crippen LogP contribution >= 0.6 is 11.6 Å². The Hall–Kier alpha value is -3.18. The van der Waals surface area contributed by atoms with Crippen molar-refractivity contribution in [2.45, 2.75) is 46.4 Å². The maximum atomic E-state index is 15.1. The Morgan fingerprint density at radius 1 is 1.32 bits per heavy atom. The summed E-state index contributed by atoms with van der Waals surface area (Å²) < 4.78 is 60.1. The number of benzene rings is 1. The number of nitrogens with zero attached hydrogens (tertiary/aromatic N) is 3. The molecule has 204 valence electrons. The first kappa shape index (κ1) is 31.8. The summed E-state index contributed by atoms with van der Waals surface area (Å²) in [6.45, 7) is 10.4. The van der Waals surface area contributed by atoms with Crippen LogP contribution in [0.5, 0.6) is 5.75 Å². The first-order chi connectivity index (χ1) is 17.1. The van der Waals surface area contributed by atoms with Gasteiger partial charge in [-0.05, 0) is 38.5 Å². The minimum atomic E-state index is -4.72. The SMILES string of the molecule is C=C/C(C)=C(/NC(=O)c1cc(F)c(-c2cn(C)c(C(C)(C)O)n2)cc1OCC(F)(F)F)C(Cl)=NC.CC. The van der Waals surface area contributed by atoms with Crippen LogP contribution in [0.4, 0.5) is 17.6 Å². The number of hydrogen-bond donors (Lipinski definition) is 2. The predicted molar refractivity (Wildman–Crippen MR) is 136 cm³/mol. The van der Waals surface area contributed by atoms with Gasteiger partial charge >= 0.3 is 6.18 Å². The van der Waals surface area contributed by atoms with Gasteiger partial charge in [-0.3, -0.25) is 9.79 Å². The molecule has 0 radical (unpaired) electrons. The Balaban J connectivity index is 0.00000334. The Kier molecular flexibility index (Phi) is 11.1. The van der Waals surface area contributed by atoms with Gasteiger partial charge in [-0.2, -0.15) is 13.2 Å². The zero-order valence-corrected chi connectivity index (χ0v) is 22.5. The standard InChI is InChI=1S/C23H25ClF4N4O3.C2H6/c1-7-12(2)18(19(24)29-5)31-20(33)14-8-15(25)13(9-17(14)35-11-23(26,27)28)16-10-32(6)21(30-16)22(3,4)34;1-2/h7-10,34H,1,11H2,2-6H3,(H,31,33);1-2H3/b18-12+,29-19?;. The molecule has 2 aromatic rings. The van der Waals surface area contributed by atoms with Gasteiger partial charge in [0.2, 0.25) is 0 Å². The number of aryl methyl sites for hydroxylation is 1. The van der Waals surface area contributed by atoms with Crippen molar-refractivity contribution < 1.29 is 32.2 Å². The van der Waals surface area contributed by atoms with E-state index in [9.17, 15) is 23.1 Å². The van der Waals surface area contributed by atoms with Crippen molar-refractivity contribution in [3.63, 3.8) is 0 Å². The van der Waals surface area contributed by atoms with E-state index in [1.165, 1.54) is 37.7 Å². The molecule has 0 aliphatic heterocycles. The maximum Gasteiger partial charge on any atom is 0.422 e. The van der Waals surface area contributed by atoms with E-state index < -0.39 is 41.4 Å². The van der Waals surface area contributed by atoms with E-state index in [1.807, 2.05) is 13.8 Å². The number of aliphatic imine (C=N–C) groups is 1. The summed E-state index contributed by atoms with van der Waals surface area (Å²) in [6, 6.07) is 1.69. The molecule has 1 heterocycles. The van der Waals surface area contributed by atoms with Crippen molar-refractivity contribution in [2.24, 2.45) is 12.0 Å². The van der Waals surface area contributed by atoms with Gasteiger partial charge in [0.1, 0.15) is 28.2 Å². The molecule has 0 aliphatic rings. The van der Waals surface area contributed by atoms with Crippen LogP contribution in [0.25, 0.3) is 11.3 Å². The van der Waals surface area contributed by atoms with E-state index in [4.69, 9.17) is 16.3 Å². The number of ether oxygens (including phenoxy) is 1. The molecule has 0 atom stereocenters. The van der Waals surface area contributed by atoms with Gasteiger partial charge in [-0.25, -0.2) is 9.37 Å². The Bertz CT molecular complexity index is 1200. The fourth-order valence-corrected chi connectivity index (χ4v) is 3.27. The monoisotopic (exact) mass is 546 g/mol. The van der Waals surface area contributed by atoms with E-state index in [0.29, 0.717) is 5.57 Å². The summed E-state index contributed by atoms with van der Waals surface area (Å²) in [4.78, 5) is 20.9. The quantitative estimate of drug-likeness (QED) is 0.246. The van der Waals surface area contributed by atoms with Gasteiger partial charge in [0.25, 0.3) is 5.91 Å². The van der Waals surface area contributed by atoms with E-state index in [1.54, 1.807) is 14.0 Å². The highest BCUT2D eigenvalue weighted by molar-refractivity contribution is 6.69. The lowest BCUT2D eigenvalue weighted by atomic mass is 10.1. The lowest BCUT2D eigenvalue weighted by molar-refractivity contribution is -0.153. The average Bonchev–Trinajstić information content (AvgIpc) is 3.23. The molecular weight excluding hydrogens is 516 g/mol. The third kappa shape index (κ3) is 8.43. The van der Waals surface area contributed by atoms with E-state index >= 15 is 4.39 Å². The summed E-state index contributed by atoms with van der Waals surface area (Å²) in [6.07, 6.45) is -1.94. The highest BCUT2D eigenvalue weighted by Crippen LogP contribution is 2.33. The van der Waals surface area contributed by atoms with Gasteiger partial charge in [0.15, 0.2) is 6.61 Å². The van der Waals surface area contributed by atoms with Crippen molar-refractivity contribution in [2.75, 3.05) is 13.7 Å². The van der Waals surface area contributed by atoms with E-state index in [-0.39, 0.29) is 27.9 Å². The maximum absolute atomic E-state index is 15.1. The first-order valence-electron chi connectivity index (χ1n) is 11.2. The van der Waals surface area contributed by atoms with Crippen LogP contribution in [0, 0.1) is 5.82 Å². The molecule has 0 spiro atoms. The van der Waals surface area contributed by atoms with Gasteiger partial charge in [-0.15, -0.1) is 0 Å². The minimum Gasteiger partial charge on any atom is -0.483 e. The second-order valence-electron chi connectivity index (χ2n) is 8.08. The number of allylic oxidation sites excluding steroid dienone is 3. The number of amides is 1. The number of alkyl halides is 3. The molecule has 0 saturated heterocycles. The summed E-state index contributed by atoms with van der Waals surface area (Å²) in [5.41, 5.74) is -1.63. The number of carbonyl (C=O) groups excluding carboxylic acids is 1. The summed E-state index contributed by atoms with van der Waals surface area (Å²) in [7, 11) is 2.94. The molecule has 0 fully saturated rings. The van der Waals surface area contributed by atoms with Crippen molar-refractivity contribution >= 4 is 22.7 Å². The molecule has 1 amide bonds. The van der Waals surface area contributed by atoms with E-state index in [2.05, 4.69) is 21.9 Å². The second-order valence-corrected chi connectivity index (χ2v) is 8.44. The van der Waals surface area contributed by atoms with Crippen LogP contribution in [-0.2, 0) is 12.6 Å².